The van der Waals surface area contributed by atoms with Crippen molar-refractivity contribution in [1.29, 1.82) is 0 Å². The molecule has 32 heavy (non-hydrogen) atoms. The Hall–Kier alpha value is -2.93. The number of hydrogen-bond donors (Lipinski definition) is 1. The highest BCUT2D eigenvalue weighted by Gasteiger charge is 2.36. The normalized spacial score (nSPS) is 15.3. The molecule has 1 aromatic carbocycles. The molecule has 3 aromatic rings. The smallest absolute Gasteiger partial charge is 0.265 e. The number of furan rings is 1. The van der Waals surface area contributed by atoms with E-state index in [0.717, 1.165) is 31.2 Å². The average molecular weight is 455 g/mol. The van der Waals surface area contributed by atoms with E-state index in [4.69, 9.17) is 4.42 Å². The lowest BCUT2D eigenvalue weighted by atomic mass is 9.95. The van der Waals surface area contributed by atoms with Gasteiger partial charge < -0.3 is 14.6 Å². The van der Waals surface area contributed by atoms with Gasteiger partial charge in [0.25, 0.3) is 11.8 Å². The van der Waals surface area contributed by atoms with E-state index < -0.39 is 6.04 Å². The highest BCUT2D eigenvalue weighted by atomic mass is 32.1. The molecule has 2 aromatic heterocycles. The summed E-state index contributed by atoms with van der Waals surface area (Å²) in [7, 11) is 0. The van der Waals surface area contributed by atoms with Crippen LogP contribution >= 0.6 is 11.3 Å². The third kappa shape index (κ3) is 5.27. The van der Waals surface area contributed by atoms with Crippen molar-refractivity contribution < 1.29 is 18.4 Å². The fourth-order valence-corrected chi connectivity index (χ4v) is 4.84. The standard InChI is InChI=1S/C25H27FN2O3S/c1-17-9-14-21(31-17)23(24(29)27-20-6-3-2-4-7-20)28(25(30)22-8-5-15-32-22)16-18-10-12-19(26)13-11-18/h5,8-15,20,23H,2-4,6-7,16H2,1H3,(H,27,29)/t23-/m1/s1. The molecule has 1 aliphatic rings. The van der Waals surface area contributed by atoms with Crippen LogP contribution in [0.2, 0.25) is 0 Å². The van der Waals surface area contributed by atoms with Gasteiger partial charge in [0.15, 0.2) is 6.04 Å². The summed E-state index contributed by atoms with van der Waals surface area (Å²) in [5.74, 6) is 0.224. The first-order valence-corrected chi connectivity index (χ1v) is 11.8. The van der Waals surface area contributed by atoms with Crippen LogP contribution in [0.3, 0.4) is 0 Å². The molecule has 0 radical (unpaired) electrons. The largest absolute Gasteiger partial charge is 0.464 e. The van der Waals surface area contributed by atoms with Crippen LogP contribution in [0.15, 0.2) is 58.3 Å². The summed E-state index contributed by atoms with van der Waals surface area (Å²) in [5.41, 5.74) is 0.732. The zero-order valence-electron chi connectivity index (χ0n) is 18.1. The summed E-state index contributed by atoms with van der Waals surface area (Å²) in [5, 5.41) is 4.98. The molecule has 0 saturated heterocycles. The molecular formula is C25H27FN2O3S. The summed E-state index contributed by atoms with van der Waals surface area (Å²) in [6.45, 7) is 1.96. The summed E-state index contributed by atoms with van der Waals surface area (Å²) in [4.78, 5) is 29.2. The van der Waals surface area contributed by atoms with Gasteiger partial charge in [-0.05, 0) is 61.0 Å². The van der Waals surface area contributed by atoms with Crippen molar-refractivity contribution in [1.82, 2.24) is 10.2 Å². The van der Waals surface area contributed by atoms with Crippen LogP contribution in [0.1, 0.15) is 64.9 Å². The Morgan fingerprint density at radius 3 is 2.50 bits per heavy atom. The molecule has 0 bridgehead atoms. The van der Waals surface area contributed by atoms with E-state index in [1.54, 1.807) is 30.3 Å². The first-order chi connectivity index (χ1) is 15.5. The number of aryl methyl sites for hydroxylation is 1. The molecule has 1 fully saturated rings. The minimum Gasteiger partial charge on any atom is -0.464 e. The maximum atomic E-state index is 13.6. The molecule has 4 rings (SSSR count). The summed E-state index contributed by atoms with van der Waals surface area (Å²) >= 11 is 1.32. The van der Waals surface area contributed by atoms with Gasteiger partial charge >= 0.3 is 0 Å². The van der Waals surface area contributed by atoms with Gasteiger partial charge in [-0.3, -0.25) is 9.59 Å². The van der Waals surface area contributed by atoms with Gasteiger partial charge in [-0.2, -0.15) is 0 Å². The van der Waals surface area contributed by atoms with Crippen molar-refractivity contribution >= 4 is 23.2 Å². The topological polar surface area (TPSA) is 62.6 Å². The Labute approximate surface area is 191 Å². The molecule has 5 nitrogen and oxygen atoms in total. The molecule has 0 aliphatic heterocycles. The number of benzene rings is 1. The van der Waals surface area contributed by atoms with Crippen LogP contribution in [-0.4, -0.2) is 22.8 Å². The molecule has 1 atom stereocenters. The lowest BCUT2D eigenvalue weighted by molar-refractivity contribution is -0.127. The first-order valence-electron chi connectivity index (χ1n) is 11.0. The predicted octanol–water partition coefficient (Wildman–Crippen LogP) is 5.62. The number of rotatable bonds is 7. The SMILES string of the molecule is Cc1ccc([C@H](C(=O)NC2CCCCC2)N(Cc2ccc(F)cc2)C(=O)c2cccs2)o1. The van der Waals surface area contributed by atoms with E-state index in [-0.39, 0.29) is 30.2 Å². The molecular weight excluding hydrogens is 427 g/mol. The fraction of sp³-hybridized carbons (Fsp3) is 0.360. The van der Waals surface area contributed by atoms with Gasteiger partial charge in [-0.1, -0.05) is 37.5 Å². The van der Waals surface area contributed by atoms with Gasteiger partial charge in [0.2, 0.25) is 0 Å². The van der Waals surface area contributed by atoms with E-state index in [2.05, 4.69) is 5.32 Å². The van der Waals surface area contributed by atoms with Crippen LogP contribution in [0, 0.1) is 12.7 Å². The Morgan fingerprint density at radius 2 is 1.88 bits per heavy atom. The summed E-state index contributed by atoms with van der Waals surface area (Å²) in [6, 6.07) is 12.2. The molecule has 2 heterocycles. The first kappa shape index (κ1) is 22.3. The molecule has 0 unspecified atom stereocenters. The van der Waals surface area contributed by atoms with Crippen molar-refractivity contribution in [2.75, 3.05) is 0 Å². The Balaban J connectivity index is 1.69. The molecule has 1 aliphatic carbocycles. The lowest BCUT2D eigenvalue weighted by Gasteiger charge is -2.32. The second kappa shape index (κ2) is 10.1. The second-order valence-electron chi connectivity index (χ2n) is 8.23. The molecule has 1 N–H and O–H groups in total. The van der Waals surface area contributed by atoms with Gasteiger partial charge in [-0.25, -0.2) is 4.39 Å². The van der Waals surface area contributed by atoms with E-state index in [1.165, 1.54) is 34.8 Å². The monoisotopic (exact) mass is 454 g/mol. The van der Waals surface area contributed by atoms with Crippen LogP contribution < -0.4 is 5.32 Å². The maximum absolute atomic E-state index is 13.6. The molecule has 1 saturated carbocycles. The Kier molecular flexibility index (Phi) is 7.05. The number of amides is 2. The van der Waals surface area contributed by atoms with Crippen molar-refractivity contribution in [2.45, 2.75) is 57.7 Å². The van der Waals surface area contributed by atoms with Gasteiger partial charge in [0.05, 0.1) is 4.88 Å². The van der Waals surface area contributed by atoms with Crippen LogP contribution in [0.4, 0.5) is 4.39 Å². The lowest BCUT2D eigenvalue weighted by Crippen LogP contribution is -2.46. The van der Waals surface area contributed by atoms with Crippen molar-refractivity contribution in [2.24, 2.45) is 0 Å². The van der Waals surface area contributed by atoms with Crippen LogP contribution in [-0.2, 0) is 11.3 Å². The minimum atomic E-state index is -0.926. The quantitative estimate of drug-likeness (QED) is 0.504. The van der Waals surface area contributed by atoms with E-state index >= 15 is 0 Å². The number of thiophene rings is 1. The molecule has 168 valence electrons. The zero-order valence-corrected chi connectivity index (χ0v) is 18.9. The molecule has 0 spiro atoms. The fourth-order valence-electron chi connectivity index (χ4n) is 4.16. The second-order valence-corrected chi connectivity index (χ2v) is 9.18. The van der Waals surface area contributed by atoms with Crippen LogP contribution in [0.5, 0.6) is 0 Å². The third-order valence-corrected chi connectivity index (χ3v) is 6.66. The van der Waals surface area contributed by atoms with E-state index in [9.17, 15) is 14.0 Å². The van der Waals surface area contributed by atoms with E-state index in [0.29, 0.717) is 16.4 Å². The summed E-state index contributed by atoms with van der Waals surface area (Å²) in [6.07, 6.45) is 5.23. The number of carbonyl (C=O) groups is 2. The minimum absolute atomic E-state index is 0.0966. The summed E-state index contributed by atoms with van der Waals surface area (Å²) < 4.78 is 19.3. The van der Waals surface area contributed by atoms with Gasteiger partial charge in [0, 0.05) is 12.6 Å². The Bertz CT molecular complexity index is 1040. The highest BCUT2D eigenvalue weighted by molar-refractivity contribution is 7.12. The number of nitrogens with one attached hydrogen (secondary N) is 1. The predicted molar refractivity (Wildman–Crippen MR) is 122 cm³/mol. The van der Waals surface area contributed by atoms with Crippen molar-refractivity contribution in [3.63, 3.8) is 0 Å². The number of carbonyl (C=O) groups excluding carboxylic acids is 2. The maximum Gasteiger partial charge on any atom is 0.265 e. The van der Waals surface area contributed by atoms with Crippen molar-refractivity contribution in [3.05, 3.63) is 81.7 Å². The van der Waals surface area contributed by atoms with Crippen molar-refractivity contribution in [3.8, 4) is 0 Å². The van der Waals surface area contributed by atoms with Gasteiger partial charge in [0.1, 0.15) is 17.3 Å². The zero-order chi connectivity index (χ0) is 22.5. The molecule has 7 heteroatoms. The number of nitrogens with zero attached hydrogens (tertiary/aromatic N) is 1. The average Bonchev–Trinajstić information content (AvgIpc) is 3.47. The highest BCUT2D eigenvalue weighted by Crippen LogP contribution is 2.29. The van der Waals surface area contributed by atoms with Crippen LogP contribution in [0.25, 0.3) is 0 Å². The number of halogens is 1. The van der Waals surface area contributed by atoms with E-state index in [1.807, 2.05) is 18.4 Å². The number of hydrogen-bond acceptors (Lipinski definition) is 4. The third-order valence-electron chi connectivity index (χ3n) is 5.80. The van der Waals surface area contributed by atoms with Gasteiger partial charge in [-0.15, -0.1) is 11.3 Å². The Morgan fingerprint density at radius 1 is 1.12 bits per heavy atom. The molecule has 2 amide bonds.